The third-order valence-corrected chi connectivity index (χ3v) is 6.32. The van der Waals surface area contributed by atoms with Crippen LogP contribution < -0.4 is 5.56 Å². The van der Waals surface area contributed by atoms with Gasteiger partial charge in [-0.3, -0.25) is 14.2 Å². The van der Waals surface area contributed by atoms with Gasteiger partial charge in [0.1, 0.15) is 5.82 Å². The smallest absolute Gasteiger partial charge is 0.266 e. The van der Waals surface area contributed by atoms with Gasteiger partial charge in [-0.1, -0.05) is 48.9 Å². The molecule has 0 aliphatic rings. The third-order valence-electron chi connectivity index (χ3n) is 6.08. The van der Waals surface area contributed by atoms with Gasteiger partial charge in [0, 0.05) is 24.2 Å². The molecule has 0 spiro atoms. The van der Waals surface area contributed by atoms with Crippen LogP contribution in [0.4, 0.5) is 0 Å². The van der Waals surface area contributed by atoms with E-state index in [-0.39, 0.29) is 11.5 Å². The summed E-state index contributed by atoms with van der Waals surface area (Å²) in [4.78, 5) is 34.2. The van der Waals surface area contributed by atoms with Crippen LogP contribution in [0.1, 0.15) is 41.1 Å². The van der Waals surface area contributed by atoms with Crippen LogP contribution in [0.15, 0.2) is 77.6 Å². The number of ether oxygens (including phenoxy) is 1. The minimum atomic E-state index is -0.467. The molecule has 3 aromatic carbocycles. The minimum absolute atomic E-state index is 0.142. The van der Waals surface area contributed by atoms with E-state index in [4.69, 9.17) is 21.3 Å². The van der Waals surface area contributed by atoms with Crippen LogP contribution >= 0.6 is 11.6 Å². The Morgan fingerprint density at radius 3 is 2.49 bits per heavy atom. The molecule has 1 aromatic heterocycles. The van der Waals surface area contributed by atoms with Gasteiger partial charge >= 0.3 is 0 Å². The Bertz CT molecular complexity index is 1400. The maximum Gasteiger partial charge on any atom is 0.266 e. The summed E-state index contributed by atoms with van der Waals surface area (Å²) in [5.41, 5.74) is 2.50. The number of fused-ring (bicyclic) bond motifs is 1. The normalized spacial score (nSPS) is 12.0. The number of para-hydroxylation sites is 1. The zero-order valence-corrected chi connectivity index (χ0v) is 20.8. The number of carbonyl (C=O) groups is 1. The van der Waals surface area contributed by atoms with E-state index >= 15 is 0 Å². The van der Waals surface area contributed by atoms with Crippen molar-refractivity contribution in [2.75, 3.05) is 20.3 Å². The average molecular weight is 490 g/mol. The number of hydrogen-bond donors (Lipinski definition) is 0. The zero-order valence-electron chi connectivity index (χ0n) is 20.1. The predicted molar refractivity (Wildman–Crippen MR) is 139 cm³/mol. The lowest BCUT2D eigenvalue weighted by Crippen LogP contribution is -2.40. The van der Waals surface area contributed by atoms with Gasteiger partial charge in [0.2, 0.25) is 0 Å². The SMILES string of the molecule is CCC(c1nc2ccccc2c(=O)n1-c1ccc(Cl)cc1C)N(CCOC)C(=O)c1ccccc1. The molecule has 0 fully saturated rings. The number of aromatic nitrogens is 2. The third kappa shape index (κ3) is 4.99. The van der Waals surface area contributed by atoms with Gasteiger partial charge in [0.25, 0.3) is 11.5 Å². The van der Waals surface area contributed by atoms with Crippen molar-refractivity contribution in [3.05, 3.63) is 105 Å². The molecule has 0 bridgehead atoms. The lowest BCUT2D eigenvalue weighted by Gasteiger charge is -2.32. The summed E-state index contributed by atoms with van der Waals surface area (Å²) in [5.74, 6) is 0.360. The zero-order chi connectivity index (χ0) is 24.9. The van der Waals surface area contributed by atoms with Crippen LogP contribution in [0.25, 0.3) is 16.6 Å². The summed E-state index contributed by atoms with van der Waals surface area (Å²) < 4.78 is 6.96. The van der Waals surface area contributed by atoms with Crippen LogP contribution in [0, 0.1) is 6.92 Å². The highest BCUT2D eigenvalue weighted by molar-refractivity contribution is 6.30. The molecule has 0 saturated carbocycles. The van der Waals surface area contributed by atoms with Gasteiger partial charge in [-0.2, -0.15) is 0 Å². The van der Waals surface area contributed by atoms with E-state index in [0.717, 1.165) is 5.56 Å². The summed E-state index contributed by atoms with van der Waals surface area (Å²) in [7, 11) is 1.60. The molecular formula is C28H28ClN3O3. The van der Waals surface area contributed by atoms with E-state index in [0.29, 0.717) is 52.6 Å². The number of hydrogen-bond acceptors (Lipinski definition) is 4. The molecule has 0 aliphatic carbocycles. The average Bonchev–Trinajstić information content (AvgIpc) is 2.87. The van der Waals surface area contributed by atoms with E-state index in [1.807, 2.05) is 62.4 Å². The van der Waals surface area contributed by atoms with Crippen molar-refractivity contribution in [1.82, 2.24) is 14.5 Å². The highest BCUT2D eigenvalue weighted by Crippen LogP contribution is 2.29. The number of halogens is 1. The van der Waals surface area contributed by atoms with Crippen LogP contribution in [0.2, 0.25) is 5.02 Å². The Hall–Kier alpha value is -3.48. The Morgan fingerprint density at radius 2 is 1.80 bits per heavy atom. The molecule has 0 radical (unpaired) electrons. The molecule has 1 amide bonds. The second kappa shape index (κ2) is 10.8. The lowest BCUT2D eigenvalue weighted by molar-refractivity contribution is 0.0579. The largest absolute Gasteiger partial charge is 0.383 e. The first kappa shape index (κ1) is 24.6. The number of rotatable bonds is 8. The molecule has 0 N–H and O–H groups in total. The summed E-state index contributed by atoms with van der Waals surface area (Å²) in [6.45, 7) is 4.60. The molecule has 7 heteroatoms. The van der Waals surface area contributed by atoms with Gasteiger partial charge in [0.05, 0.1) is 29.2 Å². The number of benzene rings is 3. The van der Waals surface area contributed by atoms with E-state index in [2.05, 4.69) is 0 Å². The van der Waals surface area contributed by atoms with E-state index in [1.54, 1.807) is 40.8 Å². The van der Waals surface area contributed by atoms with Crippen molar-refractivity contribution in [2.24, 2.45) is 0 Å². The Balaban J connectivity index is 1.97. The van der Waals surface area contributed by atoms with Gasteiger partial charge < -0.3 is 9.64 Å². The summed E-state index contributed by atoms with van der Waals surface area (Å²) in [5, 5.41) is 1.10. The monoisotopic (exact) mass is 489 g/mol. The second-order valence-corrected chi connectivity index (χ2v) is 8.78. The molecule has 6 nitrogen and oxygen atoms in total. The lowest BCUT2D eigenvalue weighted by atomic mass is 10.1. The second-order valence-electron chi connectivity index (χ2n) is 8.34. The number of methoxy groups -OCH3 is 1. The molecule has 1 atom stereocenters. The molecule has 0 aliphatic heterocycles. The van der Waals surface area contributed by atoms with Crippen LogP contribution in [-0.4, -0.2) is 40.6 Å². The topological polar surface area (TPSA) is 64.4 Å². The van der Waals surface area contributed by atoms with Crippen molar-refractivity contribution in [1.29, 1.82) is 0 Å². The van der Waals surface area contributed by atoms with Crippen molar-refractivity contribution in [3.63, 3.8) is 0 Å². The number of amides is 1. The molecule has 180 valence electrons. The van der Waals surface area contributed by atoms with E-state index in [9.17, 15) is 9.59 Å². The van der Waals surface area contributed by atoms with Gasteiger partial charge in [-0.15, -0.1) is 0 Å². The quantitative estimate of drug-likeness (QED) is 0.324. The van der Waals surface area contributed by atoms with E-state index < -0.39 is 6.04 Å². The molecule has 1 heterocycles. The molecular weight excluding hydrogens is 462 g/mol. The summed E-state index contributed by atoms with van der Waals surface area (Å²) in [6.07, 6.45) is 0.555. The minimum Gasteiger partial charge on any atom is -0.383 e. The summed E-state index contributed by atoms with van der Waals surface area (Å²) in [6, 6.07) is 21.3. The van der Waals surface area contributed by atoms with Crippen molar-refractivity contribution in [2.45, 2.75) is 26.3 Å². The predicted octanol–water partition coefficient (Wildman–Crippen LogP) is 5.59. The fourth-order valence-electron chi connectivity index (χ4n) is 4.35. The fraction of sp³-hybridized carbons (Fsp3) is 0.250. The van der Waals surface area contributed by atoms with Gasteiger partial charge in [-0.25, -0.2) is 4.98 Å². The highest BCUT2D eigenvalue weighted by Gasteiger charge is 2.30. The van der Waals surface area contributed by atoms with Gasteiger partial charge in [0.15, 0.2) is 0 Å². The van der Waals surface area contributed by atoms with Crippen molar-refractivity contribution >= 4 is 28.4 Å². The maximum atomic E-state index is 13.8. The maximum absolute atomic E-state index is 13.8. The Kier molecular flexibility index (Phi) is 7.63. The Labute approximate surface area is 209 Å². The van der Waals surface area contributed by atoms with Crippen LogP contribution in [0.5, 0.6) is 0 Å². The number of aryl methyl sites for hydroxylation is 1. The van der Waals surface area contributed by atoms with Crippen LogP contribution in [-0.2, 0) is 4.74 Å². The van der Waals surface area contributed by atoms with E-state index in [1.165, 1.54) is 0 Å². The van der Waals surface area contributed by atoms with Crippen LogP contribution in [0.3, 0.4) is 0 Å². The fourth-order valence-corrected chi connectivity index (χ4v) is 4.58. The molecule has 4 rings (SSSR count). The molecule has 35 heavy (non-hydrogen) atoms. The Morgan fingerprint density at radius 1 is 1.09 bits per heavy atom. The summed E-state index contributed by atoms with van der Waals surface area (Å²) >= 11 is 6.22. The van der Waals surface area contributed by atoms with Gasteiger partial charge in [-0.05, 0) is 61.4 Å². The van der Waals surface area contributed by atoms with Crippen molar-refractivity contribution < 1.29 is 9.53 Å². The highest BCUT2D eigenvalue weighted by atomic mass is 35.5. The first-order chi connectivity index (χ1) is 17.0. The standard InChI is InChI=1S/C28H28ClN3O3/c1-4-24(31(16-17-35-3)27(33)20-10-6-5-7-11-20)26-30-23-13-9-8-12-22(23)28(34)32(26)25-15-14-21(29)18-19(25)2/h5-15,18,24H,4,16-17H2,1-3H3. The van der Waals surface area contributed by atoms with Crippen molar-refractivity contribution in [3.8, 4) is 5.69 Å². The molecule has 0 saturated heterocycles. The number of nitrogens with zero attached hydrogens (tertiary/aromatic N) is 3. The molecule has 4 aromatic rings. The number of carbonyl (C=O) groups excluding carboxylic acids is 1. The molecule has 1 unspecified atom stereocenters. The first-order valence-corrected chi connectivity index (χ1v) is 12.0. The first-order valence-electron chi connectivity index (χ1n) is 11.6.